The van der Waals surface area contributed by atoms with Gasteiger partial charge in [0, 0.05) is 17.6 Å². The molecule has 122 valence electrons. The number of amides is 1. The van der Waals surface area contributed by atoms with Gasteiger partial charge in [0.05, 0.1) is 5.75 Å². The number of hydrogen-bond donors (Lipinski definition) is 1. The van der Waals surface area contributed by atoms with Crippen molar-refractivity contribution in [1.29, 1.82) is 0 Å². The molecule has 1 aromatic rings. The Morgan fingerprint density at radius 3 is 2.86 bits per heavy atom. The van der Waals surface area contributed by atoms with E-state index in [2.05, 4.69) is 0 Å². The number of sulfonamides is 1. The van der Waals surface area contributed by atoms with Crippen molar-refractivity contribution in [1.82, 2.24) is 4.90 Å². The predicted octanol–water partition coefficient (Wildman–Crippen LogP) is 1.31. The second-order valence-electron chi connectivity index (χ2n) is 5.41. The number of halogens is 1. The van der Waals surface area contributed by atoms with Crippen LogP contribution < -0.4 is 9.88 Å². The van der Waals surface area contributed by atoms with Crippen LogP contribution in [0.5, 0.6) is 5.75 Å². The van der Waals surface area contributed by atoms with Gasteiger partial charge in [0.25, 0.3) is 5.91 Å². The topological polar surface area (TPSA) is 89.7 Å². The molecule has 22 heavy (non-hydrogen) atoms. The molecule has 2 rings (SSSR count). The highest BCUT2D eigenvalue weighted by Crippen LogP contribution is 2.22. The number of carbonyl (C=O) groups is 1. The van der Waals surface area contributed by atoms with E-state index in [4.69, 9.17) is 21.5 Å². The van der Waals surface area contributed by atoms with Crippen LogP contribution in [0.2, 0.25) is 5.02 Å². The zero-order valence-corrected chi connectivity index (χ0v) is 13.9. The number of carbonyl (C=O) groups excluding carboxylic acids is 1. The standard InChI is InChI=1S/C14H19ClN2O4S/c1-10-7-12(4-5-13(10)15)21-8-14(18)17-6-2-3-11(17)9-22(16,19)20/h4-5,7,11H,2-3,6,8-9H2,1H3,(H2,16,19,20). The Balaban J connectivity index is 1.95. The van der Waals surface area contributed by atoms with Crippen molar-refractivity contribution in [2.24, 2.45) is 5.14 Å². The van der Waals surface area contributed by atoms with E-state index in [0.717, 1.165) is 12.0 Å². The van der Waals surface area contributed by atoms with Gasteiger partial charge in [0.15, 0.2) is 6.61 Å². The summed E-state index contributed by atoms with van der Waals surface area (Å²) < 4.78 is 27.9. The lowest BCUT2D eigenvalue weighted by Gasteiger charge is -2.24. The number of benzene rings is 1. The minimum Gasteiger partial charge on any atom is -0.484 e. The van der Waals surface area contributed by atoms with Gasteiger partial charge in [0.2, 0.25) is 10.0 Å². The number of primary sulfonamides is 1. The average molecular weight is 347 g/mol. The van der Waals surface area contributed by atoms with Crippen LogP contribution >= 0.6 is 11.6 Å². The first-order valence-corrected chi connectivity index (χ1v) is 9.04. The zero-order valence-electron chi connectivity index (χ0n) is 12.3. The fraction of sp³-hybridized carbons (Fsp3) is 0.500. The summed E-state index contributed by atoms with van der Waals surface area (Å²) in [6.07, 6.45) is 1.41. The molecule has 1 amide bonds. The Bertz CT molecular complexity index is 663. The third-order valence-electron chi connectivity index (χ3n) is 3.61. The monoisotopic (exact) mass is 346 g/mol. The first kappa shape index (κ1) is 17.1. The lowest BCUT2D eigenvalue weighted by Crippen LogP contribution is -2.43. The molecule has 6 nitrogen and oxygen atoms in total. The van der Waals surface area contributed by atoms with Crippen LogP contribution in [0.15, 0.2) is 18.2 Å². The summed E-state index contributed by atoms with van der Waals surface area (Å²) in [5.74, 6) is 0.106. The van der Waals surface area contributed by atoms with E-state index in [9.17, 15) is 13.2 Å². The number of rotatable bonds is 5. The third kappa shape index (κ3) is 4.59. The van der Waals surface area contributed by atoms with Crippen LogP contribution in [-0.2, 0) is 14.8 Å². The molecule has 1 fully saturated rings. The summed E-state index contributed by atoms with van der Waals surface area (Å²) in [5.41, 5.74) is 0.861. The first-order valence-electron chi connectivity index (χ1n) is 6.95. The minimum absolute atomic E-state index is 0.137. The number of ether oxygens (including phenoxy) is 1. The summed E-state index contributed by atoms with van der Waals surface area (Å²) in [5, 5.41) is 5.69. The van der Waals surface area contributed by atoms with Crippen LogP contribution in [0.4, 0.5) is 0 Å². The Hall–Kier alpha value is -1.31. The zero-order chi connectivity index (χ0) is 16.3. The van der Waals surface area contributed by atoms with E-state index in [0.29, 0.717) is 23.7 Å². The molecule has 1 aliphatic rings. The number of nitrogens with two attached hydrogens (primary N) is 1. The smallest absolute Gasteiger partial charge is 0.260 e. The molecular weight excluding hydrogens is 328 g/mol. The number of hydrogen-bond acceptors (Lipinski definition) is 4. The largest absolute Gasteiger partial charge is 0.484 e. The van der Waals surface area contributed by atoms with Gasteiger partial charge in [-0.1, -0.05) is 11.6 Å². The van der Waals surface area contributed by atoms with Gasteiger partial charge >= 0.3 is 0 Å². The van der Waals surface area contributed by atoms with Gasteiger partial charge in [-0.15, -0.1) is 0 Å². The lowest BCUT2D eigenvalue weighted by atomic mass is 10.2. The number of aryl methyl sites for hydroxylation is 1. The first-order chi connectivity index (χ1) is 10.3. The molecule has 0 aliphatic carbocycles. The minimum atomic E-state index is -3.60. The van der Waals surface area contributed by atoms with Crippen LogP contribution in [0, 0.1) is 6.92 Å². The highest BCUT2D eigenvalue weighted by atomic mass is 35.5. The maximum atomic E-state index is 12.2. The fourth-order valence-corrected chi connectivity index (χ4v) is 3.54. The summed E-state index contributed by atoms with van der Waals surface area (Å²) in [6.45, 7) is 2.24. The van der Waals surface area contributed by atoms with Gasteiger partial charge < -0.3 is 9.64 Å². The Labute approximate surface area is 135 Å². The molecule has 1 saturated heterocycles. The Kier molecular flexibility index (Phi) is 5.31. The normalized spacial score (nSPS) is 18.5. The summed E-state index contributed by atoms with van der Waals surface area (Å²) >= 11 is 5.93. The molecule has 1 heterocycles. The van der Waals surface area contributed by atoms with Gasteiger partial charge in [-0.2, -0.15) is 0 Å². The highest BCUT2D eigenvalue weighted by molar-refractivity contribution is 7.89. The third-order valence-corrected chi connectivity index (χ3v) is 4.89. The second kappa shape index (κ2) is 6.85. The molecule has 1 unspecified atom stereocenters. The molecule has 1 aromatic carbocycles. The van der Waals surface area contributed by atoms with Crippen molar-refractivity contribution in [3.05, 3.63) is 28.8 Å². The molecule has 0 saturated carbocycles. The van der Waals surface area contributed by atoms with Crippen molar-refractivity contribution in [2.75, 3.05) is 18.9 Å². The van der Waals surface area contributed by atoms with E-state index >= 15 is 0 Å². The molecular formula is C14H19ClN2O4S. The van der Waals surface area contributed by atoms with E-state index < -0.39 is 10.0 Å². The maximum absolute atomic E-state index is 12.2. The van der Waals surface area contributed by atoms with E-state index in [1.807, 2.05) is 6.92 Å². The van der Waals surface area contributed by atoms with Crippen LogP contribution in [0.3, 0.4) is 0 Å². The SMILES string of the molecule is Cc1cc(OCC(=O)N2CCCC2CS(N)(=O)=O)ccc1Cl. The molecule has 0 aromatic heterocycles. The van der Waals surface area contributed by atoms with E-state index in [1.165, 1.54) is 4.90 Å². The predicted molar refractivity (Wildman–Crippen MR) is 84.4 cm³/mol. The molecule has 0 spiro atoms. The number of nitrogens with zero attached hydrogens (tertiary/aromatic N) is 1. The van der Waals surface area contributed by atoms with Crippen molar-refractivity contribution >= 4 is 27.5 Å². The summed E-state index contributed by atoms with van der Waals surface area (Å²) in [7, 11) is -3.60. The van der Waals surface area contributed by atoms with Crippen LogP contribution in [0.1, 0.15) is 18.4 Å². The molecule has 0 radical (unpaired) electrons. The Morgan fingerprint density at radius 1 is 1.50 bits per heavy atom. The van der Waals surface area contributed by atoms with Crippen LogP contribution in [-0.4, -0.2) is 44.2 Å². The second-order valence-corrected chi connectivity index (χ2v) is 7.48. The van der Waals surface area contributed by atoms with E-state index in [1.54, 1.807) is 18.2 Å². The Morgan fingerprint density at radius 2 is 2.23 bits per heavy atom. The van der Waals surface area contributed by atoms with Crippen LogP contribution in [0.25, 0.3) is 0 Å². The van der Waals surface area contributed by atoms with Crippen molar-refractivity contribution < 1.29 is 17.9 Å². The highest BCUT2D eigenvalue weighted by Gasteiger charge is 2.31. The molecule has 1 aliphatic heterocycles. The lowest BCUT2D eigenvalue weighted by molar-refractivity contribution is -0.133. The maximum Gasteiger partial charge on any atom is 0.260 e. The van der Waals surface area contributed by atoms with Gasteiger partial charge in [-0.3, -0.25) is 4.79 Å². The van der Waals surface area contributed by atoms with Crippen molar-refractivity contribution in [2.45, 2.75) is 25.8 Å². The van der Waals surface area contributed by atoms with Crippen molar-refractivity contribution in [3.63, 3.8) is 0 Å². The molecule has 2 N–H and O–H groups in total. The quantitative estimate of drug-likeness (QED) is 0.870. The van der Waals surface area contributed by atoms with Gasteiger partial charge in [0.1, 0.15) is 5.75 Å². The van der Waals surface area contributed by atoms with Gasteiger partial charge in [-0.25, -0.2) is 13.6 Å². The summed E-state index contributed by atoms with van der Waals surface area (Å²) in [4.78, 5) is 13.7. The van der Waals surface area contributed by atoms with Gasteiger partial charge in [-0.05, 0) is 43.5 Å². The number of likely N-dealkylation sites (tertiary alicyclic amines) is 1. The fourth-order valence-electron chi connectivity index (χ4n) is 2.54. The molecule has 0 bridgehead atoms. The molecule has 8 heteroatoms. The van der Waals surface area contributed by atoms with Crippen molar-refractivity contribution in [3.8, 4) is 5.75 Å². The summed E-state index contributed by atoms with van der Waals surface area (Å²) in [6, 6.07) is 4.78. The average Bonchev–Trinajstić information content (AvgIpc) is 2.85. The molecule has 1 atom stereocenters. The van der Waals surface area contributed by atoms with E-state index in [-0.39, 0.29) is 24.3 Å².